The molecule has 2 aromatic rings. The number of hydrogen-bond acceptors (Lipinski definition) is 3. The van der Waals surface area contributed by atoms with Gasteiger partial charge in [-0.3, -0.25) is 0 Å². The van der Waals surface area contributed by atoms with Crippen LogP contribution in [0.2, 0.25) is 0 Å². The van der Waals surface area contributed by atoms with Crippen LogP contribution in [0.25, 0.3) is 5.69 Å². The van der Waals surface area contributed by atoms with Gasteiger partial charge < -0.3 is 10.5 Å². The van der Waals surface area contributed by atoms with Gasteiger partial charge in [-0.25, -0.2) is 4.68 Å². The largest absolute Gasteiger partial charge is 0.494 e. The Morgan fingerprint density at radius 1 is 1.38 bits per heavy atom. The molecule has 0 saturated heterocycles. The van der Waals surface area contributed by atoms with Gasteiger partial charge in [0.05, 0.1) is 12.3 Å². The monoisotopic (exact) mass is 217 g/mol. The van der Waals surface area contributed by atoms with Crippen molar-refractivity contribution in [2.24, 2.45) is 0 Å². The fourth-order valence-corrected chi connectivity index (χ4v) is 1.63. The van der Waals surface area contributed by atoms with Crippen LogP contribution in [-0.2, 0) is 0 Å². The number of anilines is 1. The van der Waals surface area contributed by atoms with Crippen molar-refractivity contribution in [2.75, 3.05) is 12.3 Å². The highest BCUT2D eigenvalue weighted by atomic mass is 16.5. The van der Waals surface area contributed by atoms with Crippen LogP contribution < -0.4 is 10.5 Å². The molecule has 0 spiro atoms. The van der Waals surface area contributed by atoms with Crippen LogP contribution in [-0.4, -0.2) is 16.4 Å². The number of nitrogens with zero attached hydrogens (tertiary/aromatic N) is 2. The fraction of sp³-hybridized carbons (Fsp3) is 0.250. The molecular formula is C12H15N3O. The van der Waals surface area contributed by atoms with Crippen molar-refractivity contribution < 1.29 is 4.74 Å². The van der Waals surface area contributed by atoms with Gasteiger partial charge in [-0.2, -0.15) is 5.10 Å². The Hall–Kier alpha value is -1.97. The van der Waals surface area contributed by atoms with E-state index in [4.69, 9.17) is 10.5 Å². The average molecular weight is 217 g/mol. The standard InChI is InChI=1S/C12H15N3O/c1-3-16-11-6-4-5-10(8-11)15-9(2)7-12(13)14-15/h4-8H,3H2,1-2H3,(H2,13,14). The molecular weight excluding hydrogens is 202 g/mol. The summed E-state index contributed by atoms with van der Waals surface area (Å²) in [5.41, 5.74) is 7.61. The molecule has 1 aromatic heterocycles. The second-order valence-electron chi connectivity index (χ2n) is 3.55. The Morgan fingerprint density at radius 2 is 2.19 bits per heavy atom. The zero-order chi connectivity index (χ0) is 11.5. The molecule has 2 N–H and O–H groups in total. The van der Waals surface area contributed by atoms with E-state index in [2.05, 4.69) is 5.10 Å². The van der Waals surface area contributed by atoms with Crippen molar-refractivity contribution in [3.63, 3.8) is 0 Å². The Bertz CT molecular complexity index is 491. The van der Waals surface area contributed by atoms with Crippen LogP contribution in [0.1, 0.15) is 12.6 Å². The summed E-state index contributed by atoms with van der Waals surface area (Å²) in [7, 11) is 0. The summed E-state index contributed by atoms with van der Waals surface area (Å²) in [6.07, 6.45) is 0. The van der Waals surface area contributed by atoms with Crippen LogP contribution in [0, 0.1) is 6.92 Å². The minimum absolute atomic E-state index is 0.527. The molecule has 1 heterocycles. The van der Waals surface area contributed by atoms with E-state index >= 15 is 0 Å². The predicted octanol–water partition coefficient (Wildman–Crippen LogP) is 2.16. The summed E-state index contributed by atoms with van der Waals surface area (Å²) < 4.78 is 7.25. The summed E-state index contributed by atoms with van der Waals surface area (Å²) in [5, 5.41) is 4.22. The van der Waals surface area contributed by atoms with Crippen molar-refractivity contribution in [3.8, 4) is 11.4 Å². The van der Waals surface area contributed by atoms with Crippen LogP contribution in [0.15, 0.2) is 30.3 Å². The number of nitrogens with two attached hydrogens (primary N) is 1. The predicted molar refractivity (Wildman–Crippen MR) is 63.9 cm³/mol. The number of hydrogen-bond donors (Lipinski definition) is 1. The fourth-order valence-electron chi connectivity index (χ4n) is 1.63. The number of ether oxygens (including phenoxy) is 1. The number of benzene rings is 1. The topological polar surface area (TPSA) is 53.1 Å². The molecule has 0 fully saturated rings. The Morgan fingerprint density at radius 3 is 2.81 bits per heavy atom. The summed E-state index contributed by atoms with van der Waals surface area (Å²) in [5.74, 6) is 1.37. The average Bonchev–Trinajstić information content (AvgIpc) is 2.59. The summed E-state index contributed by atoms with van der Waals surface area (Å²) in [6.45, 7) is 4.59. The molecule has 0 amide bonds. The van der Waals surface area contributed by atoms with Gasteiger partial charge in [0.2, 0.25) is 0 Å². The molecule has 0 unspecified atom stereocenters. The normalized spacial score (nSPS) is 10.4. The van der Waals surface area contributed by atoms with Gasteiger partial charge in [0, 0.05) is 17.8 Å². The number of aryl methyl sites for hydroxylation is 1. The van der Waals surface area contributed by atoms with Gasteiger partial charge in [-0.15, -0.1) is 0 Å². The Balaban J connectivity index is 2.40. The van der Waals surface area contributed by atoms with Gasteiger partial charge in [0.1, 0.15) is 11.6 Å². The molecule has 0 bridgehead atoms. The third kappa shape index (κ3) is 2.00. The Kier molecular flexibility index (Phi) is 2.81. The molecule has 0 saturated carbocycles. The number of rotatable bonds is 3. The van der Waals surface area contributed by atoms with Crippen LogP contribution >= 0.6 is 0 Å². The van der Waals surface area contributed by atoms with Crippen molar-refractivity contribution >= 4 is 5.82 Å². The first-order valence-corrected chi connectivity index (χ1v) is 5.26. The molecule has 2 rings (SSSR count). The first kappa shape index (κ1) is 10.5. The maximum Gasteiger partial charge on any atom is 0.146 e. The molecule has 84 valence electrons. The molecule has 4 nitrogen and oxygen atoms in total. The lowest BCUT2D eigenvalue weighted by Gasteiger charge is -2.07. The first-order chi connectivity index (χ1) is 7.70. The molecule has 4 heteroatoms. The molecule has 0 atom stereocenters. The first-order valence-electron chi connectivity index (χ1n) is 5.26. The molecule has 16 heavy (non-hydrogen) atoms. The van der Waals surface area contributed by atoms with Crippen LogP contribution in [0.5, 0.6) is 5.75 Å². The second kappa shape index (κ2) is 4.26. The van der Waals surface area contributed by atoms with E-state index in [1.807, 2.05) is 44.2 Å². The number of nitrogen functional groups attached to an aromatic ring is 1. The van der Waals surface area contributed by atoms with Crippen molar-refractivity contribution in [2.45, 2.75) is 13.8 Å². The van der Waals surface area contributed by atoms with E-state index in [1.54, 1.807) is 4.68 Å². The lowest BCUT2D eigenvalue weighted by atomic mass is 10.3. The quantitative estimate of drug-likeness (QED) is 0.857. The lowest BCUT2D eigenvalue weighted by Crippen LogP contribution is -2.00. The van der Waals surface area contributed by atoms with E-state index in [9.17, 15) is 0 Å². The van der Waals surface area contributed by atoms with E-state index in [-0.39, 0.29) is 0 Å². The number of aromatic nitrogens is 2. The van der Waals surface area contributed by atoms with Crippen LogP contribution in [0.3, 0.4) is 0 Å². The zero-order valence-corrected chi connectivity index (χ0v) is 9.47. The maximum atomic E-state index is 5.65. The molecule has 0 aliphatic heterocycles. The summed E-state index contributed by atoms with van der Waals surface area (Å²) in [4.78, 5) is 0. The summed E-state index contributed by atoms with van der Waals surface area (Å²) >= 11 is 0. The molecule has 0 radical (unpaired) electrons. The van der Waals surface area contributed by atoms with Gasteiger partial charge in [0.25, 0.3) is 0 Å². The minimum atomic E-state index is 0.527. The Labute approximate surface area is 94.6 Å². The second-order valence-corrected chi connectivity index (χ2v) is 3.55. The highest BCUT2D eigenvalue weighted by molar-refractivity contribution is 5.42. The van der Waals surface area contributed by atoms with E-state index in [1.165, 1.54) is 0 Å². The van der Waals surface area contributed by atoms with Crippen molar-refractivity contribution in [1.82, 2.24) is 9.78 Å². The van der Waals surface area contributed by atoms with E-state index in [0.29, 0.717) is 12.4 Å². The van der Waals surface area contributed by atoms with Crippen LogP contribution in [0.4, 0.5) is 5.82 Å². The van der Waals surface area contributed by atoms with Gasteiger partial charge in [-0.1, -0.05) is 6.07 Å². The smallest absolute Gasteiger partial charge is 0.146 e. The lowest BCUT2D eigenvalue weighted by molar-refractivity contribution is 0.340. The third-order valence-corrected chi connectivity index (χ3v) is 2.28. The SMILES string of the molecule is CCOc1cccc(-n2nc(N)cc2C)c1. The zero-order valence-electron chi connectivity index (χ0n) is 9.47. The van der Waals surface area contributed by atoms with E-state index in [0.717, 1.165) is 17.1 Å². The molecule has 1 aromatic carbocycles. The summed E-state index contributed by atoms with van der Waals surface area (Å²) in [6, 6.07) is 9.63. The highest BCUT2D eigenvalue weighted by Gasteiger charge is 2.04. The molecule has 0 aliphatic carbocycles. The maximum absolute atomic E-state index is 5.65. The van der Waals surface area contributed by atoms with Gasteiger partial charge in [-0.05, 0) is 26.0 Å². The van der Waals surface area contributed by atoms with E-state index < -0.39 is 0 Å². The van der Waals surface area contributed by atoms with Crippen molar-refractivity contribution in [3.05, 3.63) is 36.0 Å². The van der Waals surface area contributed by atoms with Gasteiger partial charge in [0.15, 0.2) is 0 Å². The molecule has 0 aliphatic rings. The van der Waals surface area contributed by atoms with Crippen molar-refractivity contribution in [1.29, 1.82) is 0 Å². The highest BCUT2D eigenvalue weighted by Crippen LogP contribution is 2.18. The van der Waals surface area contributed by atoms with Gasteiger partial charge >= 0.3 is 0 Å². The minimum Gasteiger partial charge on any atom is -0.494 e. The third-order valence-electron chi connectivity index (χ3n) is 2.28.